The molecular weight excluding hydrogens is 378 g/mol. The van der Waals surface area contributed by atoms with Crippen molar-refractivity contribution in [3.8, 4) is 0 Å². The summed E-state index contributed by atoms with van der Waals surface area (Å²) in [6.07, 6.45) is 0. The topological polar surface area (TPSA) is 72.5 Å². The lowest BCUT2D eigenvalue weighted by atomic mass is 9.86. The zero-order chi connectivity index (χ0) is 20.7. The second-order valence-electron chi connectivity index (χ2n) is 7.25. The lowest BCUT2D eigenvalue weighted by molar-refractivity contribution is 0.0340. The second-order valence-corrected chi connectivity index (χ2v) is 7.25. The van der Waals surface area contributed by atoms with E-state index in [1.165, 1.54) is 0 Å². The predicted molar refractivity (Wildman–Crippen MR) is 110 cm³/mol. The molecule has 1 N–H and O–H groups in total. The fraction of sp³-hybridized carbons (Fsp3) is 0.0800. The number of hydrogen-bond donors (Lipinski definition) is 1. The molecule has 146 valence electrons. The van der Waals surface area contributed by atoms with Crippen molar-refractivity contribution in [2.24, 2.45) is 0 Å². The summed E-state index contributed by atoms with van der Waals surface area (Å²) in [6, 6.07) is 24.7. The minimum Gasteiger partial charge on any atom is -0.457 e. The van der Waals surface area contributed by atoms with Crippen LogP contribution in [0.3, 0.4) is 0 Å². The van der Waals surface area contributed by atoms with Gasteiger partial charge in [-0.25, -0.2) is 0 Å². The van der Waals surface area contributed by atoms with Crippen molar-refractivity contribution in [1.29, 1.82) is 0 Å². The smallest absolute Gasteiger partial charge is 0.215 e. The van der Waals surface area contributed by atoms with E-state index in [9.17, 15) is 14.4 Å². The van der Waals surface area contributed by atoms with Gasteiger partial charge in [0, 0.05) is 22.3 Å². The Kier molecular flexibility index (Phi) is 4.10. The minimum absolute atomic E-state index is 0.0503. The van der Waals surface area contributed by atoms with Crippen LogP contribution in [-0.2, 0) is 10.3 Å². The van der Waals surface area contributed by atoms with Crippen LogP contribution >= 0.6 is 0 Å². The van der Waals surface area contributed by atoms with E-state index >= 15 is 0 Å². The number of rotatable bonds is 3. The SMILES string of the molecule is O=C1C(=C2NCC(C(=O)c3ccccc3)(c3ccccc3)O2)C(=O)c2ccccc21. The molecule has 0 spiro atoms. The highest BCUT2D eigenvalue weighted by Gasteiger charge is 2.50. The highest BCUT2D eigenvalue weighted by atomic mass is 16.5. The van der Waals surface area contributed by atoms with Crippen LogP contribution in [-0.4, -0.2) is 23.9 Å². The van der Waals surface area contributed by atoms with Crippen LogP contribution in [0.15, 0.2) is 96.4 Å². The van der Waals surface area contributed by atoms with E-state index in [1.807, 2.05) is 36.4 Å². The van der Waals surface area contributed by atoms with Gasteiger partial charge in [0.1, 0.15) is 5.57 Å². The Morgan fingerprint density at radius 1 is 0.767 bits per heavy atom. The molecule has 3 aromatic rings. The summed E-state index contributed by atoms with van der Waals surface area (Å²) < 4.78 is 6.18. The molecule has 1 aliphatic carbocycles. The minimum atomic E-state index is -1.37. The molecule has 5 heteroatoms. The summed E-state index contributed by atoms with van der Waals surface area (Å²) >= 11 is 0. The van der Waals surface area contributed by atoms with Gasteiger partial charge in [0.2, 0.25) is 28.8 Å². The Morgan fingerprint density at radius 3 is 1.90 bits per heavy atom. The normalized spacial score (nSPS) is 20.0. The second kappa shape index (κ2) is 6.81. The summed E-state index contributed by atoms with van der Waals surface area (Å²) in [5.41, 5.74) is 0.401. The summed E-state index contributed by atoms with van der Waals surface area (Å²) in [4.78, 5) is 39.3. The molecule has 1 atom stereocenters. The van der Waals surface area contributed by atoms with Crippen LogP contribution in [0.1, 0.15) is 36.6 Å². The number of hydrogen-bond acceptors (Lipinski definition) is 5. The molecule has 1 heterocycles. The quantitative estimate of drug-likeness (QED) is 0.416. The standard InChI is InChI=1S/C25H17NO4/c27-21-18-13-7-8-14-19(18)22(28)20(21)24-26-15-25(30-24,17-11-5-2-6-12-17)23(29)16-9-3-1-4-10-16/h1-14,26H,15H2. The third-order valence-corrected chi connectivity index (χ3v) is 5.51. The van der Waals surface area contributed by atoms with E-state index in [1.54, 1.807) is 48.5 Å². The maximum Gasteiger partial charge on any atom is 0.215 e. The van der Waals surface area contributed by atoms with Gasteiger partial charge in [0.05, 0.1) is 6.54 Å². The molecule has 5 nitrogen and oxygen atoms in total. The van der Waals surface area contributed by atoms with Gasteiger partial charge in [0.25, 0.3) is 0 Å². The highest BCUT2D eigenvalue weighted by molar-refractivity contribution is 6.39. The van der Waals surface area contributed by atoms with E-state index in [2.05, 4.69) is 5.32 Å². The molecule has 1 unspecified atom stereocenters. The third-order valence-electron chi connectivity index (χ3n) is 5.51. The first-order valence-electron chi connectivity index (χ1n) is 9.63. The van der Waals surface area contributed by atoms with E-state index in [-0.39, 0.29) is 23.8 Å². The van der Waals surface area contributed by atoms with Gasteiger partial charge in [-0.2, -0.15) is 0 Å². The molecule has 0 saturated carbocycles. The average molecular weight is 395 g/mol. The van der Waals surface area contributed by atoms with Crippen molar-refractivity contribution in [3.63, 3.8) is 0 Å². The Balaban J connectivity index is 1.62. The molecule has 5 rings (SSSR count). The van der Waals surface area contributed by atoms with E-state index in [4.69, 9.17) is 4.74 Å². The lowest BCUT2D eigenvalue weighted by Gasteiger charge is -2.26. The number of fused-ring (bicyclic) bond motifs is 1. The summed E-state index contributed by atoms with van der Waals surface area (Å²) in [5.74, 6) is -0.981. The largest absolute Gasteiger partial charge is 0.457 e. The number of Topliss-reactive ketones (excluding diaryl/α,β-unsaturated/α-hetero) is 3. The van der Waals surface area contributed by atoms with Crippen LogP contribution in [0, 0.1) is 0 Å². The van der Waals surface area contributed by atoms with Crippen LogP contribution in [0.4, 0.5) is 0 Å². The zero-order valence-corrected chi connectivity index (χ0v) is 15.9. The molecular formula is C25H17NO4. The van der Waals surface area contributed by atoms with E-state index in [0.717, 1.165) is 0 Å². The van der Waals surface area contributed by atoms with Crippen molar-refractivity contribution >= 4 is 17.3 Å². The molecule has 2 aliphatic rings. The fourth-order valence-electron chi connectivity index (χ4n) is 4.00. The first-order valence-corrected chi connectivity index (χ1v) is 9.63. The Labute approximate surface area is 173 Å². The van der Waals surface area contributed by atoms with Gasteiger partial charge in [-0.1, -0.05) is 84.9 Å². The molecule has 0 radical (unpaired) electrons. The first-order chi connectivity index (χ1) is 14.6. The molecule has 1 aliphatic heterocycles. The molecule has 0 aromatic heterocycles. The number of carbonyl (C=O) groups is 3. The van der Waals surface area contributed by atoms with Gasteiger partial charge in [-0.3, -0.25) is 14.4 Å². The number of allylic oxidation sites excluding steroid dienone is 1. The number of nitrogens with one attached hydrogen (secondary N) is 1. The average Bonchev–Trinajstić information content (AvgIpc) is 3.35. The summed E-state index contributed by atoms with van der Waals surface area (Å²) in [6.45, 7) is 0.112. The molecule has 30 heavy (non-hydrogen) atoms. The van der Waals surface area contributed by atoms with Gasteiger partial charge in [-0.05, 0) is 0 Å². The third kappa shape index (κ3) is 2.59. The first kappa shape index (κ1) is 18.1. The number of benzene rings is 3. The molecule has 0 amide bonds. The van der Waals surface area contributed by atoms with Crippen molar-refractivity contribution < 1.29 is 19.1 Å². The Hall–Kier alpha value is -3.99. The number of carbonyl (C=O) groups excluding carboxylic acids is 3. The monoisotopic (exact) mass is 395 g/mol. The van der Waals surface area contributed by atoms with Gasteiger partial charge in [-0.15, -0.1) is 0 Å². The number of ketones is 3. The fourth-order valence-corrected chi connectivity index (χ4v) is 4.00. The van der Waals surface area contributed by atoms with Gasteiger partial charge < -0.3 is 10.1 Å². The molecule has 3 aromatic carbocycles. The van der Waals surface area contributed by atoms with Crippen molar-refractivity contribution in [2.75, 3.05) is 6.54 Å². The summed E-state index contributed by atoms with van der Waals surface area (Å²) in [7, 11) is 0. The van der Waals surface area contributed by atoms with Crippen LogP contribution in [0.5, 0.6) is 0 Å². The van der Waals surface area contributed by atoms with Crippen molar-refractivity contribution in [1.82, 2.24) is 5.32 Å². The molecule has 0 bridgehead atoms. The molecule has 1 saturated heterocycles. The van der Waals surface area contributed by atoms with Gasteiger partial charge >= 0.3 is 0 Å². The zero-order valence-electron chi connectivity index (χ0n) is 15.9. The van der Waals surface area contributed by atoms with Crippen molar-refractivity contribution in [3.05, 3.63) is 119 Å². The summed E-state index contributed by atoms with van der Waals surface area (Å²) in [5, 5.41) is 3.03. The van der Waals surface area contributed by atoms with E-state index < -0.39 is 17.2 Å². The van der Waals surface area contributed by atoms with Crippen LogP contribution in [0.2, 0.25) is 0 Å². The maximum absolute atomic E-state index is 13.6. The number of ether oxygens (including phenoxy) is 1. The Morgan fingerprint density at radius 2 is 1.30 bits per heavy atom. The Bertz CT molecular complexity index is 1180. The highest BCUT2D eigenvalue weighted by Crippen LogP contribution is 2.39. The van der Waals surface area contributed by atoms with Crippen LogP contribution in [0.25, 0.3) is 0 Å². The van der Waals surface area contributed by atoms with Crippen LogP contribution < -0.4 is 5.32 Å². The maximum atomic E-state index is 13.6. The lowest BCUT2D eigenvalue weighted by Crippen LogP contribution is -2.39. The van der Waals surface area contributed by atoms with Gasteiger partial charge in [0.15, 0.2) is 0 Å². The molecule has 1 fully saturated rings. The predicted octanol–water partition coefficient (Wildman–Crippen LogP) is 3.68. The van der Waals surface area contributed by atoms with Crippen molar-refractivity contribution in [2.45, 2.75) is 5.60 Å². The van der Waals surface area contributed by atoms with E-state index in [0.29, 0.717) is 22.3 Å².